The maximum Gasteiger partial charge on any atom is 0.307 e. The molecule has 4 rings (SSSR count). The van der Waals surface area contributed by atoms with Crippen LogP contribution in [0, 0.1) is 5.92 Å². The third kappa shape index (κ3) is 5.06. The summed E-state index contributed by atoms with van der Waals surface area (Å²) in [6, 6.07) is 5.80. The highest BCUT2D eigenvalue weighted by molar-refractivity contribution is 5.91. The van der Waals surface area contributed by atoms with Gasteiger partial charge in [0.2, 0.25) is 0 Å². The van der Waals surface area contributed by atoms with Gasteiger partial charge in [0.15, 0.2) is 5.76 Å². The smallest absolute Gasteiger partial charge is 0.307 e. The van der Waals surface area contributed by atoms with Crippen molar-refractivity contribution < 1.29 is 18.7 Å². The van der Waals surface area contributed by atoms with Crippen LogP contribution in [0.3, 0.4) is 0 Å². The van der Waals surface area contributed by atoms with Gasteiger partial charge in [-0.2, -0.15) is 5.10 Å². The molecule has 29 heavy (non-hydrogen) atoms. The van der Waals surface area contributed by atoms with Crippen LogP contribution in [0.5, 0.6) is 0 Å². The number of hydrogen-bond donors (Lipinski definition) is 1. The second kappa shape index (κ2) is 8.82. The maximum atomic E-state index is 12.5. The molecule has 1 aliphatic heterocycles. The summed E-state index contributed by atoms with van der Waals surface area (Å²) in [5.41, 5.74) is 0. The Labute approximate surface area is 170 Å². The van der Waals surface area contributed by atoms with Crippen molar-refractivity contribution in [2.24, 2.45) is 5.92 Å². The summed E-state index contributed by atoms with van der Waals surface area (Å²) in [4.78, 5) is 26.7. The Bertz CT molecular complexity index is 828. The third-order valence-corrected chi connectivity index (χ3v) is 5.83. The fourth-order valence-electron chi connectivity index (χ4n) is 4.06. The number of nitrogens with zero attached hydrogens (tertiary/aromatic N) is 3. The lowest BCUT2D eigenvalue weighted by Crippen LogP contribution is -2.44. The highest BCUT2D eigenvalue weighted by Gasteiger charge is 2.38. The molecule has 0 aromatic carbocycles. The van der Waals surface area contributed by atoms with E-state index in [2.05, 4.69) is 15.3 Å². The van der Waals surface area contributed by atoms with Crippen LogP contribution in [-0.2, 0) is 16.1 Å². The Morgan fingerprint density at radius 2 is 2.07 bits per heavy atom. The first kappa shape index (κ1) is 19.7. The topological polar surface area (TPSA) is 89.6 Å². The van der Waals surface area contributed by atoms with Crippen LogP contribution >= 0.6 is 0 Å². The van der Waals surface area contributed by atoms with E-state index < -0.39 is 0 Å². The predicted molar refractivity (Wildman–Crippen MR) is 105 cm³/mol. The summed E-state index contributed by atoms with van der Waals surface area (Å²) in [7, 11) is 1.43. The molecule has 8 nitrogen and oxygen atoms in total. The van der Waals surface area contributed by atoms with Gasteiger partial charge in [-0.1, -0.05) is 0 Å². The molecule has 2 aromatic heterocycles. The lowest BCUT2D eigenvalue weighted by molar-refractivity contribution is -0.141. The van der Waals surface area contributed by atoms with E-state index in [-0.39, 0.29) is 24.0 Å². The predicted octanol–water partition coefficient (Wildman–Crippen LogP) is 2.06. The second-order valence-electron chi connectivity index (χ2n) is 7.99. The molecule has 156 valence electrons. The molecule has 1 amide bonds. The number of amides is 1. The number of aromatic nitrogens is 2. The minimum atomic E-state index is -0.209. The first-order chi connectivity index (χ1) is 14.1. The van der Waals surface area contributed by atoms with E-state index in [1.807, 2.05) is 12.3 Å². The van der Waals surface area contributed by atoms with Gasteiger partial charge in [0.25, 0.3) is 5.91 Å². The molecular weight excluding hydrogens is 372 g/mol. The van der Waals surface area contributed by atoms with Gasteiger partial charge in [0.1, 0.15) is 5.76 Å². The number of carbonyl (C=O) groups excluding carboxylic acids is 2. The standard InChI is InChI=1S/C21H28N4O4/c1-28-20(26)11-16-5-6-17(25(16)13-15-3-4-15)12-22-21(27)19-8-7-18(29-19)14-24-10-2-9-23-24/h2,7-10,15-17H,3-6,11-14H2,1H3,(H,22,27)/t16-,17+/m1/s1. The van der Waals surface area contributed by atoms with Crippen molar-refractivity contribution in [2.45, 2.75) is 50.7 Å². The number of likely N-dealkylation sites (tertiary alicyclic amines) is 1. The number of rotatable bonds is 9. The molecule has 2 aromatic rings. The maximum absolute atomic E-state index is 12.5. The molecule has 0 spiro atoms. The van der Waals surface area contributed by atoms with Crippen LogP contribution in [0.4, 0.5) is 0 Å². The molecule has 2 aliphatic rings. The monoisotopic (exact) mass is 400 g/mol. The van der Waals surface area contributed by atoms with Crippen LogP contribution in [0.15, 0.2) is 35.0 Å². The van der Waals surface area contributed by atoms with Crippen molar-refractivity contribution in [1.82, 2.24) is 20.0 Å². The number of hydrogen-bond acceptors (Lipinski definition) is 6. The molecule has 8 heteroatoms. The van der Waals surface area contributed by atoms with E-state index in [1.54, 1.807) is 23.0 Å². The van der Waals surface area contributed by atoms with Crippen LogP contribution in [0.25, 0.3) is 0 Å². The largest absolute Gasteiger partial charge is 0.469 e. The molecule has 1 N–H and O–H groups in total. The fourth-order valence-corrected chi connectivity index (χ4v) is 4.06. The Balaban J connectivity index is 1.31. The molecule has 1 saturated carbocycles. The number of nitrogens with one attached hydrogen (secondary N) is 1. The zero-order valence-electron chi connectivity index (χ0n) is 16.8. The van der Waals surface area contributed by atoms with Crippen molar-refractivity contribution in [1.29, 1.82) is 0 Å². The van der Waals surface area contributed by atoms with E-state index in [1.165, 1.54) is 20.0 Å². The minimum Gasteiger partial charge on any atom is -0.469 e. The molecule has 2 atom stereocenters. The van der Waals surface area contributed by atoms with E-state index in [0.717, 1.165) is 25.3 Å². The van der Waals surface area contributed by atoms with Crippen LogP contribution in [0.1, 0.15) is 48.4 Å². The molecule has 3 heterocycles. The lowest BCUT2D eigenvalue weighted by Gasteiger charge is -2.30. The number of furan rings is 1. The SMILES string of the molecule is COC(=O)C[C@H]1CC[C@@H](CNC(=O)c2ccc(Cn3cccn3)o2)N1CC1CC1. The van der Waals surface area contributed by atoms with Crippen LogP contribution < -0.4 is 5.32 Å². The van der Waals surface area contributed by atoms with Gasteiger partial charge < -0.3 is 14.5 Å². The van der Waals surface area contributed by atoms with E-state index in [4.69, 9.17) is 9.15 Å². The molecule has 0 unspecified atom stereocenters. The van der Waals surface area contributed by atoms with Gasteiger partial charge in [0, 0.05) is 37.6 Å². The number of ether oxygens (including phenoxy) is 1. The summed E-state index contributed by atoms with van der Waals surface area (Å²) < 4.78 is 12.3. The quantitative estimate of drug-likeness (QED) is 0.648. The average molecular weight is 400 g/mol. The summed E-state index contributed by atoms with van der Waals surface area (Å²) in [6.45, 7) is 2.04. The van der Waals surface area contributed by atoms with Crippen molar-refractivity contribution in [3.05, 3.63) is 42.1 Å². The molecule has 2 fully saturated rings. The Kier molecular flexibility index (Phi) is 5.99. The van der Waals surface area contributed by atoms with Gasteiger partial charge in [0.05, 0.1) is 20.1 Å². The van der Waals surface area contributed by atoms with Crippen LogP contribution in [-0.4, -0.2) is 58.8 Å². The van der Waals surface area contributed by atoms with Gasteiger partial charge in [-0.15, -0.1) is 0 Å². The van der Waals surface area contributed by atoms with Gasteiger partial charge >= 0.3 is 5.97 Å². The minimum absolute atomic E-state index is 0.166. The van der Waals surface area contributed by atoms with Crippen molar-refractivity contribution in [3.8, 4) is 0 Å². The third-order valence-electron chi connectivity index (χ3n) is 5.83. The lowest BCUT2D eigenvalue weighted by atomic mass is 10.1. The van der Waals surface area contributed by atoms with Crippen molar-refractivity contribution in [3.63, 3.8) is 0 Å². The Morgan fingerprint density at radius 3 is 2.79 bits per heavy atom. The van der Waals surface area contributed by atoms with Crippen molar-refractivity contribution in [2.75, 3.05) is 20.2 Å². The molecule has 0 bridgehead atoms. The summed E-state index contributed by atoms with van der Waals surface area (Å²) in [5.74, 6) is 1.35. The summed E-state index contributed by atoms with van der Waals surface area (Å²) in [5, 5.41) is 7.15. The summed E-state index contributed by atoms with van der Waals surface area (Å²) in [6.07, 6.45) is 8.41. The van der Waals surface area contributed by atoms with E-state index in [0.29, 0.717) is 31.0 Å². The normalized spacial score (nSPS) is 22.0. The highest BCUT2D eigenvalue weighted by Crippen LogP contribution is 2.35. The first-order valence-corrected chi connectivity index (χ1v) is 10.3. The second-order valence-corrected chi connectivity index (χ2v) is 7.99. The van der Waals surface area contributed by atoms with Gasteiger partial charge in [-0.05, 0) is 49.8 Å². The average Bonchev–Trinajstić information content (AvgIpc) is 3.10. The fraction of sp³-hybridized carbons (Fsp3) is 0.571. The zero-order chi connectivity index (χ0) is 20.2. The van der Waals surface area contributed by atoms with Gasteiger partial charge in [-0.3, -0.25) is 19.2 Å². The number of methoxy groups -OCH3 is 1. The molecule has 1 saturated heterocycles. The highest BCUT2D eigenvalue weighted by atomic mass is 16.5. The first-order valence-electron chi connectivity index (χ1n) is 10.3. The van der Waals surface area contributed by atoms with E-state index >= 15 is 0 Å². The van der Waals surface area contributed by atoms with E-state index in [9.17, 15) is 9.59 Å². The zero-order valence-corrected chi connectivity index (χ0v) is 16.8. The molecule has 1 aliphatic carbocycles. The summed E-state index contributed by atoms with van der Waals surface area (Å²) >= 11 is 0. The van der Waals surface area contributed by atoms with Gasteiger partial charge in [-0.25, -0.2) is 0 Å². The molecule has 0 radical (unpaired) electrons. The molecular formula is C21H28N4O4. The number of carbonyl (C=O) groups is 2. The number of esters is 1. The van der Waals surface area contributed by atoms with Crippen LogP contribution in [0.2, 0.25) is 0 Å². The Morgan fingerprint density at radius 1 is 1.24 bits per heavy atom. The Hall–Kier alpha value is -2.61. The van der Waals surface area contributed by atoms with Crippen molar-refractivity contribution >= 4 is 11.9 Å².